The van der Waals surface area contributed by atoms with Crippen molar-refractivity contribution in [3.05, 3.63) is 0 Å². The number of phosphoric ester groups is 2. The standard InChI is InChI=1S/C76H148O17P2/c1-66(2)52-44-36-28-22-16-11-9-13-19-26-32-42-50-58-75(80)92-71(62-86-73(78)56-48-40-31-25-21-15-18-24-30-38-46-54-68(5)6)64-90-94(82,83)88-60-70(77)61-89-95(84,85)91-65-72(63-87-74(79)57-49-41-35-34-39-47-55-69(7)8)93-76(81)59-51-43-33-27-20-14-10-12-17-23-29-37-45-53-67(3)4/h66-72,77H,9-65H2,1-8H3,(H,82,83)(H,84,85)/t70-,71-,72-/m1/s1. The molecule has 0 aromatic rings. The predicted molar refractivity (Wildman–Crippen MR) is 386 cm³/mol. The van der Waals surface area contributed by atoms with E-state index >= 15 is 0 Å². The number of unbranched alkanes of at least 4 members (excludes halogenated alkanes) is 39. The molecule has 0 aromatic carbocycles. The molecule has 0 aliphatic carbocycles. The molecule has 0 amide bonds. The lowest BCUT2D eigenvalue weighted by atomic mass is 10.0. The molecule has 0 saturated carbocycles. The first-order valence-corrected chi connectivity index (χ1v) is 42.2. The number of ether oxygens (including phenoxy) is 4. The highest BCUT2D eigenvalue weighted by molar-refractivity contribution is 7.47. The van der Waals surface area contributed by atoms with Crippen molar-refractivity contribution < 1.29 is 80.2 Å². The Morgan fingerprint density at radius 1 is 0.263 bits per heavy atom. The Bertz CT molecular complexity index is 1870. The van der Waals surface area contributed by atoms with Crippen LogP contribution in [0.5, 0.6) is 0 Å². The van der Waals surface area contributed by atoms with Crippen molar-refractivity contribution >= 4 is 39.5 Å². The van der Waals surface area contributed by atoms with E-state index in [2.05, 4.69) is 55.4 Å². The Balaban J connectivity index is 5.24. The van der Waals surface area contributed by atoms with Crippen LogP contribution in [0.1, 0.15) is 383 Å². The SMILES string of the molecule is CC(C)CCCCCCCCCCCCCCCC(=O)O[C@H](COC(=O)CCCCCCCCCCCCCC(C)C)COP(=O)(O)OC[C@@H](O)COP(=O)(O)OC[C@@H](COC(=O)CCCCCCCCC(C)C)OC(=O)CCCCCCCCCCCCCCCC(C)C. The van der Waals surface area contributed by atoms with Crippen molar-refractivity contribution in [1.29, 1.82) is 0 Å². The molecule has 0 rings (SSSR count). The van der Waals surface area contributed by atoms with E-state index in [0.717, 1.165) is 114 Å². The molecule has 0 radical (unpaired) electrons. The maximum atomic E-state index is 13.1. The molecule has 95 heavy (non-hydrogen) atoms. The second-order valence-electron chi connectivity index (χ2n) is 29.3. The third kappa shape index (κ3) is 70.3. The number of carbonyl (C=O) groups excluding carboxylic acids is 4. The van der Waals surface area contributed by atoms with E-state index in [1.54, 1.807) is 0 Å². The third-order valence-electron chi connectivity index (χ3n) is 17.6. The first kappa shape index (κ1) is 93.1. The fourth-order valence-corrected chi connectivity index (χ4v) is 13.1. The van der Waals surface area contributed by atoms with Crippen LogP contribution in [0.2, 0.25) is 0 Å². The fraction of sp³-hybridized carbons (Fsp3) is 0.947. The average molecular weight is 1400 g/mol. The lowest BCUT2D eigenvalue weighted by Gasteiger charge is -2.21. The Kier molecular flexibility index (Phi) is 64.0. The second kappa shape index (κ2) is 65.4. The summed E-state index contributed by atoms with van der Waals surface area (Å²) in [6, 6.07) is 0. The second-order valence-corrected chi connectivity index (χ2v) is 32.2. The number of carbonyl (C=O) groups is 4. The van der Waals surface area contributed by atoms with Crippen molar-refractivity contribution in [1.82, 2.24) is 0 Å². The monoisotopic (exact) mass is 1400 g/mol. The number of phosphoric acid groups is 2. The number of hydrogen-bond donors (Lipinski definition) is 3. The van der Waals surface area contributed by atoms with Gasteiger partial charge in [-0.2, -0.15) is 0 Å². The lowest BCUT2D eigenvalue weighted by Crippen LogP contribution is -2.30. The Morgan fingerprint density at radius 3 is 0.653 bits per heavy atom. The zero-order valence-electron chi connectivity index (χ0n) is 62.3. The van der Waals surface area contributed by atoms with Crippen molar-refractivity contribution in [3.8, 4) is 0 Å². The Hall–Kier alpha value is -1.94. The van der Waals surface area contributed by atoms with Crippen LogP contribution < -0.4 is 0 Å². The molecule has 0 aliphatic rings. The lowest BCUT2D eigenvalue weighted by molar-refractivity contribution is -0.161. The molecule has 0 spiro atoms. The topological polar surface area (TPSA) is 237 Å². The summed E-state index contributed by atoms with van der Waals surface area (Å²) in [6.07, 6.45) is 50.0. The van der Waals surface area contributed by atoms with Crippen molar-refractivity contribution in [2.24, 2.45) is 23.7 Å². The van der Waals surface area contributed by atoms with E-state index < -0.39 is 97.5 Å². The maximum absolute atomic E-state index is 13.1. The highest BCUT2D eigenvalue weighted by Gasteiger charge is 2.30. The normalized spacial score (nSPS) is 14.1. The highest BCUT2D eigenvalue weighted by atomic mass is 31.2. The van der Waals surface area contributed by atoms with Crippen LogP contribution in [-0.4, -0.2) is 96.7 Å². The molecule has 17 nitrogen and oxygen atoms in total. The van der Waals surface area contributed by atoms with E-state index in [1.165, 1.54) is 180 Å². The van der Waals surface area contributed by atoms with Crippen molar-refractivity contribution in [2.45, 2.75) is 401 Å². The molecular weight excluding hydrogens is 1250 g/mol. The summed E-state index contributed by atoms with van der Waals surface area (Å²) < 4.78 is 68.5. The zero-order valence-corrected chi connectivity index (χ0v) is 64.1. The zero-order chi connectivity index (χ0) is 70.3. The molecule has 2 unspecified atom stereocenters. The summed E-state index contributed by atoms with van der Waals surface area (Å²) in [5.74, 6) is 0.902. The summed E-state index contributed by atoms with van der Waals surface area (Å²) in [5, 5.41) is 10.6. The van der Waals surface area contributed by atoms with Gasteiger partial charge in [-0.15, -0.1) is 0 Å². The summed E-state index contributed by atoms with van der Waals surface area (Å²) in [4.78, 5) is 72.8. The molecule has 0 fully saturated rings. The minimum absolute atomic E-state index is 0.106. The quantitative estimate of drug-likeness (QED) is 0.0222. The van der Waals surface area contributed by atoms with Gasteiger partial charge in [0.15, 0.2) is 12.2 Å². The number of rotatable bonds is 73. The van der Waals surface area contributed by atoms with Crippen LogP contribution in [0, 0.1) is 23.7 Å². The fourth-order valence-electron chi connectivity index (χ4n) is 11.6. The minimum atomic E-state index is -4.96. The molecule has 0 aromatic heterocycles. The van der Waals surface area contributed by atoms with Gasteiger partial charge in [-0.1, -0.05) is 331 Å². The van der Waals surface area contributed by atoms with Crippen molar-refractivity contribution in [2.75, 3.05) is 39.6 Å². The van der Waals surface area contributed by atoms with Gasteiger partial charge in [0, 0.05) is 25.7 Å². The van der Waals surface area contributed by atoms with Crippen LogP contribution in [0.15, 0.2) is 0 Å². The Morgan fingerprint density at radius 2 is 0.442 bits per heavy atom. The summed E-state index contributed by atoms with van der Waals surface area (Å²) in [6.45, 7) is 14.2. The van der Waals surface area contributed by atoms with Crippen LogP contribution in [-0.2, 0) is 65.4 Å². The number of aliphatic hydroxyl groups is 1. The average Bonchev–Trinajstić information content (AvgIpc) is 1.51. The summed E-state index contributed by atoms with van der Waals surface area (Å²) in [7, 11) is -9.91. The first-order valence-electron chi connectivity index (χ1n) is 39.2. The van der Waals surface area contributed by atoms with Gasteiger partial charge in [-0.05, 0) is 49.4 Å². The molecule has 0 saturated heterocycles. The van der Waals surface area contributed by atoms with Gasteiger partial charge in [0.05, 0.1) is 26.4 Å². The van der Waals surface area contributed by atoms with Crippen molar-refractivity contribution in [3.63, 3.8) is 0 Å². The first-order chi connectivity index (χ1) is 45.6. The molecular formula is C76H148O17P2. The predicted octanol–water partition coefficient (Wildman–Crippen LogP) is 22.0. The summed E-state index contributed by atoms with van der Waals surface area (Å²) in [5.41, 5.74) is 0. The van der Waals surface area contributed by atoms with Gasteiger partial charge in [-0.25, -0.2) is 9.13 Å². The molecule has 0 heterocycles. The van der Waals surface area contributed by atoms with Gasteiger partial charge < -0.3 is 33.8 Å². The van der Waals surface area contributed by atoms with E-state index in [0.29, 0.717) is 31.6 Å². The van der Waals surface area contributed by atoms with Gasteiger partial charge in [-0.3, -0.25) is 37.3 Å². The Labute approximate surface area is 581 Å². The van der Waals surface area contributed by atoms with Crippen LogP contribution in [0.4, 0.5) is 0 Å². The van der Waals surface area contributed by atoms with Crippen LogP contribution >= 0.6 is 15.6 Å². The number of hydrogen-bond acceptors (Lipinski definition) is 15. The largest absolute Gasteiger partial charge is 0.472 e. The molecule has 5 atom stereocenters. The summed E-state index contributed by atoms with van der Waals surface area (Å²) >= 11 is 0. The van der Waals surface area contributed by atoms with Crippen LogP contribution in [0.25, 0.3) is 0 Å². The minimum Gasteiger partial charge on any atom is -0.462 e. The smallest absolute Gasteiger partial charge is 0.462 e. The molecule has 564 valence electrons. The third-order valence-corrected chi connectivity index (χ3v) is 19.5. The van der Waals surface area contributed by atoms with E-state index in [4.69, 9.17) is 37.0 Å². The van der Waals surface area contributed by atoms with E-state index in [1.807, 2.05) is 0 Å². The van der Waals surface area contributed by atoms with E-state index in [9.17, 15) is 43.2 Å². The van der Waals surface area contributed by atoms with Crippen LogP contribution in [0.3, 0.4) is 0 Å². The van der Waals surface area contributed by atoms with Gasteiger partial charge >= 0.3 is 39.5 Å². The molecule has 0 aliphatic heterocycles. The van der Waals surface area contributed by atoms with Gasteiger partial charge in [0.25, 0.3) is 0 Å². The molecule has 19 heteroatoms. The van der Waals surface area contributed by atoms with Gasteiger partial charge in [0.2, 0.25) is 0 Å². The van der Waals surface area contributed by atoms with Gasteiger partial charge in [0.1, 0.15) is 19.3 Å². The number of aliphatic hydroxyl groups excluding tert-OH is 1. The molecule has 3 N–H and O–H groups in total. The maximum Gasteiger partial charge on any atom is 0.472 e. The molecule has 0 bridgehead atoms. The number of esters is 4. The highest BCUT2D eigenvalue weighted by Crippen LogP contribution is 2.45. The van der Waals surface area contributed by atoms with E-state index in [-0.39, 0.29) is 25.7 Å².